The lowest BCUT2D eigenvalue weighted by Crippen LogP contribution is -2.46. The van der Waals surface area contributed by atoms with E-state index in [1.807, 2.05) is 42.5 Å². The summed E-state index contributed by atoms with van der Waals surface area (Å²) in [6.45, 7) is 0. The summed E-state index contributed by atoms with van der Waals surface area (Å²) in [7, 11) is 0. The number of nitrogens with two attached hydrogens (primary N) is 1. The second-order valence-electron chi connectivity index (χ2n) is 5.92. The molecule has 3 N–H and O–H groups in total. The summed E-state index contributed by atoms with van der Waals surface area (Å²) in [5.41, 5.74) is 5.68. The van der Waals surface area contributed by atoms with Crippen LogP contribution in [-0.4, -0.2) is 17.9 Å². The van der Waals surface area contributed by atoms with Crippen LogP contribution in [0.25, 0.3) is 10.8 Å². The quantitative estimate of drug-likeness (QED) is 0.739. The fourth-order valence-corrected chi connectivity index (χ4v) is 2.74. The van der Waals surface area contributed by atoms with Crippen molar-refractivity contribution in [2.45, 2.75) is 12.5 Å². The molecule has 0 radical (unpaired) electrons. The van der Waals surface area contributed by atoms with Crippen LogP contribution in [0.2, 0.25) is 0 Å². The maximum absolute atomic E-state index is 13.8. The summed E-state index contributed by atoms with van der Waals surface area (Å²) >= 11 is 0. The van der Waals surface area contributed by atoms with Crippen molar-refractivity contribution in [1.29, 1.82) is 0 Å². The molecule has 6 heteroatoms. The number of rotatable bonds is 5. The molecule has 3 aromatic rings. The molecule has 4 nitrogen and oxygen atoms in total. The Morgan fingerprint density at radius 2 is 1.69 bits per heavy atom. The Balaban J connectivity index is 1.81. The van der Waals surface area contributed by atoms with E-state index >= 15 is 0 Å². The van der Waals surface area contributed by atoms with E-state index in [1.165, 1.54) is 6.07 Å². The smallest absolute Gasteiger partial charge is 0.255 e. The molecule has 26 heavy (non-hydrogen) atoms. The van der Waals surface area contributed by atoms with Gasteiger partial charge >= 0.3 is 0 Å². The molecule has 0 aliphatic carbocycles. The van der Waals surface area contributed by atoms with Crippen molar-refractivity contribution in [2.75, 3.05) is 0 Å². The number of carbonyl (C=O) groups is 2. The van der Waals surface area contributed by atoms with E-state index in [-0.39, 0.29) is 6.42 Å². The summed E-state index contributed by atoms with van der Waals surface area (Å²) in [5.74, 6) is -4.06. The first kappa shape index (κ1) is 17.5. The first-order valence-corrected chi connectivity index (χ1v) is 7.97. The molecule has 2 amide bonds. The van der Waals surface area contributed by atoms with Gasteiger partial charge in [0.05, 0.1) is 5.56 Å². The van der Waals surface area contributed by atoms with Gasteiger partial charge in [-0.15, -0.1) is 0 Å². The molecule has 0 unspecified atom stereocenters. The van der Waals surface area contributed by atoms with E-state index in [1.54, 1.807) is 0 Å². The lowest BCUT2D eigenvalue weighted by atomic mass is 10.0. The van der Waals surface area contributed by atoms with Gasteiger partial charge in [-0.05, 0) is 28.5 Å². The number of nitrogens with one attached hydrogen (secondary N) is 1. The molecule has 1 atom stereocenters. The van der Waals surface area contributed by atoms with E-state index in [9.17, 15) is 18.4 Å². The second-order valence-corrected chi connectivity index (χ2v) is 5.92. The van der Waals surface area contributed by atoms with E-state index in [0.717, 1.165) is 28.5 Å². The van der Waals surface area contributed by atoms with Gasteiger partial charge in [-0.2, -0.15) is 0 Å². The van der Waals surface area contributed by atoms with Gasteiger partial charge in [0.25, 0.3) is 5.91 Å². The van der Waals surface area contributed by atoms with Crippen molar-refractivity contribution in [2.24, 2.45) is 5.73 Å². The third-order valence-electron chi connectivity index (χ3n) is 4.10. The number of amides is 2. The van der Waals surface area contributed by atoms with Crippen molar-refractivity contribution in [3.63, 3.8) is 0 Å². The summed E-state index contributed by atoms with van der Waals surface area (Å²) in [5, 5.41) is 4.40. The maximum atomic E-state index is 13.8. The molecule has 0 bridgehead atoms. The molecular formula is C20H16F2N2O2. The SMILES string of the molecule is NC(=O)[C@@H](Cc1ccc2ccccc2c1)NC(=O)c1cccc(F)c1F. The normalized spacial score (nSPS) is 11.9. The first-order chi connectivity index (χ1) is 12.5. The van der Waals surface area contributed by atoms with Crippen LogP contribution in [-0.2, 0) is 11.2 Å². The van der Waals surface area contributed by atoms with E-state index in [0.29, 0.717) is 0 Å². The lowest BCUT2D eigenvalue weighted by molar-refractivity contribution is -0.119. The van der Waals surface area contributed by atoms with Gasteiger partial charge in [0.15, 0.2) is 11.6 Å². The molecule has 0 aliphatic rings. The molecule has 0 saturated heterocycles. The average molecular weight is 354 g/mol. The van der Waals surface area contributed by atoms with Crippen molar-refractivity contribution in [3.8, 4) is 0 Å². The number of benzene rings is 3. The molecule has 3 rings (SSSR count). The van der Waals surface area contributed by atoms with E-state index in [4.69, 9.17) is 5.73 Å². The second kappa shape index (κ2) is 7.31. The molecule has 0 saturated carbocycles. The highest BCUT2D eigenvalue weighted by atomic mass is 19.2. The fraction of sp³-hybridized carbons (Fsp3) is 0.100. The van der Waals surface area contributed by atoms with Gasteiger partial charge < -0.3 is 11.1 Å². The first-order valence-electron chi connectivity index (χ1n) is 7.97. The molecule has 0 fully saturated rings. The van der Waals surface area contributed by atoms with Crippen LogP contribution < -0.4 is 11.1 Å². The highest BCUT2D eigenvalue weighted by Gasteiger charge is 2.22. The molecule has 0 heterocycles. The Kier molecular flexibility index (Phi) is 4.93. The predicted octanol–water partition coefficient (Wildman–Crippen LogP) is 2.94. The minimum Gasteiger partial charge on any atom is -0.368 e. The number of fused-ring (bicyclic) bond motifs is 1. The van der Waals surface area contributed by atoms with Crippen LogP contribution in [0.4, 0.5) is 8.78 Å². The number of hydrogen-bond acceptors (Lipinski definition) is 2. The van der Waals surface area contributed by atoms with Crippen molar-refractivity contribution in [1.82, 2.24) is 5.32 Å². The minimum atomic E-state index is -1.26. The van der Waals surface area contributed by atoms with Gasteiger partial charge in [0, 0.05) is 6.42 Å². The molecule has 0 spiro atoms. The van der Waals surface area contributed by atoms with Crippen LogP contribution in [0.15, 0.2) is 60.7 Å². The minimum absolute atomic E-state index is 0.142. The Labute approximate surface area is 148 Å². The zero-order valence-electron chi connectivity index (χ0n) is 13.7. The zero-order chi connectivity index (χ0) is 18.7. The van der Waals surface area contributed by atoms with Crippen LogP contribution in [0.3, 0.4) is 0 Å². The van der Waals surface area contributed by atoms with Crippen LogP contribution in [0.5, 0.6) is 0 Å². The summed E-state index contributed by atoms with van der Waals surface area (Å²) in [6, 6.07) is 15.5. The zero-order valence-corrected chi connectivity index (χ0v) is 13.7. The molecular weight excluding hydrogens is 338 g/mol. The van der Waals surface area contributed by atoms with E-state index < -0.39 is 35.1 Å². The number of halogens is 2. The van der Waals surface area contributed by atoms with Gasteiger partial charge in [-0.1, -0.05) is 48.5 Å². The van der Waals surface area contributed by atoms with Crippen molar-refractivity contribution < 1.29 is 18.4 Å². The third-order valence-corrected chi connectivity index (χ3v) is 4.10. The highest BCUT2D eigenvalue weighted by Crippen LogP contribution is 2.17. The van der Waals surface area contributed by atoms with E-state index in [2.05, 4.69) is 5.32 Å². The van der Waals surface area contributed by atoms with Crippen LogP contribution >= 0.6 is 0 Å². The van der Waals surface area contributed by atoms with Crippen molar-refractivity contribution >= 4 is 22.6 Å². The number of primary amides is 1. The molecule has 0 aromatic heterocycles. The summed E-state index contributed by atoms with van der Waals surface area (Å²) in [4.78, 5) is 23.9. The maximum Gasteiger partial charge on any atom is 0.255 e. The Hall–Kier alpha value is -3.28. The monoisotopic (exact) mass is 354 g/mol. The number of hydrogen-bond donors (Lipinski definition) is 2. The van der Waals surface area contributed by atoms with Gasteiger partial charge in [0.1, 0.15) is 6.04 Å². The third kappa shape index (κ3) is 3.69. The molecule has 132 valence electrons. The lowest BCUT2D eigenvalue weighted by Gasteiger charge is -2.16. The Bertz CT molecular complexity index is 988. The van der Waals surface area contributed by atoms with Gasteiger partial charge in [-0.3, -0.25) is 9.59 Å². The number of carbonyl (C=O) groups excluding carboxylic acids is 2. The van der Waals surface area contributed by atoms with Crippen LogP contribution in [0.1, 0.15) is 15.9 Å². The highest BCUT2D eigenvalue weighted by molar-refractivity contribution is 5.97. The predicted molar refractivity (Wildman–Crippen MR) is 94.5 cm³/mol. The molecule has 3 aromatic carbocycles. The Morgan fingerprint density at radius 1 is 0.962 bits per heavy atom. The molecule has 0 aliphatic heterocycles. The van der Waals surface area contributed by atoms with Gasteiger partial charge in [0.2, 0.25) is 5.91 Å². The standard InChI is InChI=1S/C20H16F2N2O2/c21-16-7-3-6-15(18(16)22)20(26)24-17(19(23)25)11-12-8-9-13-4-1-2-5-14(13)10-12/h1-10,17H,11H2,(H2,23,25)(H,24,26)/t17-/m1/s1. The van der Waals surface area contributed by atoms with Crippen LogP contribution in [0, 0.1) is 11.6 Å². The summed E-state index contributed by atoms with van der Waals surface area (Å²) < 4.78 is 27.0. The fourth-order valence-electron chi connectivity index (χ4n) is 2.74. The van der Waals surface area contributed by atoms with Crippen molar-refractivity contribution in [3.05, 3.63) is 83.4 Å². The average Bonchev–Trinajstić information content (AvgIpc) is 2.63. The topological polar surface area (TPSA) is 72.2 Å². The summed E-state index contributed by atoms with van der Waals surface area (Å²) in [6.07, 6.45) is 0.142. The van der Waals surface area contributed by atoms with Gasteiger partial charge in [-0.25, -0.2) is 8.78 Å². The Morgan fingerprint density at radius 3 is 2.42 bits per heavy atom. The largest absolute Gasteiger partial charge is 0.368 e.